The Labute approximate surface area is 220 Å². The van der Waals surface area contributed by atoms with Crippen molar-refractivity contribution in [1.82, 2.24) is 14.9 Å². The summed E-state index contributed by atoms with van der Waals surface area (Å²) in [5, 5.41) is 37.0. The lowest BCUT2D eigenvalue weighted by atomic mass is 9.93. The van der Waals surface area contributed by atoms with E-state index in [1.165, 1.54) is 0 Å². The molecule has 39 heavy (non-hydrogen) atoms. The van der Waals surface area contributed by atoms with Crippen molar-refractivity contribution in [3.63, 3.8) is 0 Å². The maximum absolute atomic E-state index is 13.1. The van der Waals surface area contributed by atoms with Crippen LogP contribution in [-0.2, 0) is 20.7 Å². The number of benzene rings is 3. The second-order valence-corrected chi connectivity index (χ2v) is 9.43. The second-order valence-electron chi connectivity index (χ2n) is 9.43. The van der Waals surface area contributed by atoms with Gasteiger partial charge in [0.2, 0.25) is 5.91 Å². The van der Waals surface area contributed by atoms with E-state index in [4.69, 9.17) is 10.5 Å². The number of amides is 1. The monoisotopic (exact) mass is 534 g/mol. The largest absolute Gasteiger partial charge is 0.480 e. The normalized spacial score (nSPS) is 22.5. The van der Waals surface area contributed by atoms with Crippen molar-refractivity contribution < 1.29 is 29.6 Å². The van der Waals surface area contributed by atoms with Crippen molar-refractivity contribution in [2.45, 2.75) is 43.0 Å². The first-order chi connectivity index (χ1) is 18.7. The van der Waals surface area contributed by atoms with Crippen LogP contribution in [-0.4, -0.2) is 67.1 Å². The molecule has 0 saturated carbocycles. The number of nitrogens with one attached hydrogen (secondary N) is 2. The van der Waals surface area contributed by atoms with E-state index in [2.05, 4.69) is 5.32 Å². The summed E-state index contributed by atoms with van der Waals surface area (Å²) in [6.45, 7) is 0. The highest BCUT2D eigenvalue weighted by atomic mass is 16.6. The predicted octanol–water partition coefficient (Wildman–Crippen LogP) is -0.398. The van der Waals surface area contributed by atoms with Crippen LogP contribution in [0.5, 0.6) is 0 Å². The molecule has 1 aromatic heterocycles. The summed E-state index contributed by atoms with van der Waals surface area (Å²) >= 11 is 0. The van der Waals surface area contributed by atoms with Crippen LogP contribution < -0.4 is 22.3 Å². The van der Waals surface area contributed by atoms with E-state index in [1.54, 1.807) is 0 Å². The summed E-state index contributed by atoms with van der Waals surface area (Å²) in [4.78, 5) is 50.6. The fourth-order valence-corrected chi connectivity index (χ4v) is 4.99. The number of carbonyl (C=O) groups is 2. The zero-order valence-electron chi connectivity index (χ0n) is 20.4. The molecule has 0 aliphatic carbocycles. The summed E-state index contributed by atoms with van der Waals surface area (Å²) < 4.78 is 6.34. The average Bonchev–Trinajstić information content (AvgIpc) is 3.20. The number of nitrogens with zero attached hydrogens (tertiary/aromatic N) is 1. The van der Waals surface area contributed by atoms with Crippen molar-refractivity contribution in [3.8, 4) is 0 Å². The summed E-state index contributed by atoms with van der Waals surface area (Å²) in [6.07, 6.45) is -5.51. The fraction of sp³-hybridized carbons (Fsp3) is 0.259. The lowest BCUT2D eigenvalue weighted by molar-refractivity contribution is -0.149. The van der Waals surface area contributed by atoms with Gasteiger partial charge in [-0.15, -0.1) is 0 Å². The smallest absolute Gasteiger partial charge is 0.330 e. The van der Waals surface area contributed by atoms with Gasteiger partial charge in [0.15, 0.2) is 12.3 Å². The zero-order valence-corrected chi connectivity index (χ0v) is 20.4. The molecule has 0 spiro atoms. The SMILES string of the molecule is N[C@@H](Cc1cc2ccccc2c2ccccc12)C(=O)N[C@H](C(=O)O)[C@H]1O[C@@H](n2ccc(=O)[nH]c2=O)[C@H](O)[C@@H]1O. The van der Waals surface area contributed by atoms with E-state index in [0.29, 0.717) is 0 Å². The van der Waals surface area contributed by atoms with E-state index >= 15 is 0 Å². The Bertz CT molecular complexity index is 1680. The molecule has 1 saturated heterocycles. The van der Waals surface area contributed by atoms with Gasteiger partial charge in [-0.2, -0.15) is 0 Å². The van der Waals surface area contributed by atoms with Crippen LogP contribution in [0.15, 0.2) is 76.4 Å². The van der Waals surface area contributed by atoms with Crippen molar-refractivity contribution >= 4 is 33.4 Å². The molecule has 1 amide bonds. The highest BCUT2D eigenvalue weighted by Gasteiger charge is 2.50. The third-order valence-corrected chi connectivity index (χ3v) is 6.92. The van der Waals surface area contributed by atoms with E-state index in [9.17, 15) is 34.5 Å². The van der Waals surface area contributed by atoms with Crippen LogP contribution in [0.3, 0.4) is 0 Å². The molecule has 4 aromatic rings. The van der Waals surface area contributed by atoms with Gasteiger partial charge in [0.1, 0.15) is 18.3 Å². The number of carbonyl (C=O) groups excluding carboxylic acids is 1. The number of aliphatic hydroxyl groups excluding tert-OH is 2. The topological polar surface area (TPSA) is 197 Å². The fourth-order valence-electron chi connectivity index (χ4n) is 4.99. The lowest BCUT2D eigenvalue weighted by Crippen LogP contribution is -2.56. The Balaban J connectivity index is 1.37. The number of H-pyrrole nitrogens is 1. The standard InChI is InChI=1S/C27H26N4O8/c28-18(12-14-11-13-5-1-2-6-15(13)17-8-4-3-7-16(14)17)24(35)30-20(26(36)37)23-21(33)22(34)25(39-23)31-10-9-19(32)29-27(31)38/h1-11,18,20-23,25,33-34H,12,28H2,(H,30,35)(H,36,37)(H,29,32,38)/t18-,20-,21-,22+,23+,25+/m0/s1. The van der Waals surface area contributed by atoms with Gasteiger partial charge in [0.05, 0.1) is 6.04 Å². The summed E-state index contributed by atoms with van der Waals surface area (Å²) in [6, 6.07) is 15.5. The van der Waals surface area contributed by atoms with Gasteiger partial charge >= 0.3 is 11.7 Å². The molecule has 12 heteroatoms. The molecule has 0 radical (unpaired) electrons. The van der Waals surface area contributed by atoms with Crippen LogP contribution in [0.25, 0.3) is 21.5 Å². The van der Waals surface area contributed by atoms with Gasteiger partial charge < -0.3 is 31.1 Å². The van der Waals surface area contributed by atoms with Crippen LogP contribution in [0.4, 0.5) is 0 Å². The van der Waals surface area contributed by atoms with Gasteiger partial charge in [-0.05, 0) is 33.5 Å². The van der Waals surface area contributed by atoms with Crippen molar-refractivity contribution in [3.05, 3.63) is 93.3 Å². The van der Waals surface area contributed by atoms with Gasteiger partial charge in [0.25, 0.3) is 5.56 Å². The number of ether oxygens (including phenoxy) is 1. The molecular formula is C27H26N4O8. The number of hydrogen-bond donors (Lipinski definition) is 6. The summed E-state index contributed by atoms with van der Waals surface area (Å²) in [5.74, 6) is -2.35. The number of rotatable bonds is 7. The summed E-state index contributed by atoms with van der Waals surface area (Å²) in [7, 11) is 0. The van der Waals surface area contributed by atoms with Gasteiger partial charge in [-0.25, -0.2) is 9.59 Å². The zero-order chi connectivity index (χ0) is 27.8. The summed E-state index contributed by atoms with van der Waals surface area (Å²) in [5.41, 5.74) is 5.38. The first-order valence-electron chi connectivity index (χ1n) is 12.2. The highest BCUT2D eigenvalue weighted by molar-refractivity contribution is 6.09. The molecule has 202 valence electrons. The van der Waals surface area contributed by atoms with Crippen LogP contribution in [0, 0.1) is 0 Å². The predicted molar refractivity (Wildman–Crippen MR) is 140 cm³/mol. The highest BCUT2D eigenvalue weighted by Crippen LogP contribution is 2.31. The molecule has 1 aliphatic rings. The molecule has 1 aliphatic heterocycles. The van der Waals surface area contributed by atoms with Crippen LogP contribution >= 0.6 is 0 Å². The van der Waals surface area contributed by atoms with Crippen molar-refractivity contribution in [1.29, 1.82) is 0 Å². The molecule has 0 unspecified atom stereocenters. The average molecular weight is 535 g/mol. The van der Waals surface area contributed by atoms with Crippen LogP contribution in [0.2, 0.25) is 0 Å². The second kappa shape index (κ2) is 10.4. The molecule has 12 nitrogen and oxygen atoms in total. The first kappa shape index (κ1) is 26.3. The molecule has 5 rings (SSSR count). The Hall–Kier alpha value is -4.36. The molecule has 7 N–H and O–H groups in total. The quantitative estimate of drug-likeness (QED) is 0.171. The van der Waals surface area contributed by atoms with E-state index in [-0.39, 0.29) is 6.42 Å². The van der Waals surface area contributed by atoms with E-state index < -0.39 is 59.7 Å². The minimum absolute atomic E-state index is 0.0929. The first-order valence-corrected chi connectivity index (χ1v) is 12.2. The number of aromatic amines is 1. The number of hydrogen-bond acceptors (Lipinski definition) is 8. The van der Waals surface area contributed by atoms with Gasteiger partial charge in [0, 0.05) is 12.3 Å². The number of carboxylic acid groups (broad SMARTS) is 1. The number of carboxylic acids is 1. The third kappa shape index (κ3) is 4.93. The lowest BCUT2D eigenvalue weighted by Gasteiger charge is -2.25. The Kier molecular flexibility index (Phi) is 7.02. The minimum Gasteiger partial charge on any atom is -0.480 e. The van der Waals surface area contributed by atoms with Crippen LogP contribution in [0.1, 0.15) is 11.8 Å². The molecule has 0 bridgehead atoms. The maximum atomic E-state index is 13.1. The molecule has 1 fully saturated rings. The third-order valence-electron chi connectivity index (χ3n) is 6.92. The number of aliphatic carboxylic acids is 1. The van der Waals surface area contributed by atoms with Gasteiger partial charge in [-0.3, -0.25) is 19.1 Å². The molecule has 6 atom stereocenters. The van der Waals surface area contributed by atoms with Crippen molar-refractivity contribution in [2.75, 3.05) is 0 Å². The van der Waals surface area contributed by atoms with Crippen molar-refractivity contribution in [2.24, 2.45) is 5.73 Å². The van der Waals surface area contributed by atoms with E-state index in [0.717, 1.165) is 43.9 Å². The number of fused-ring (bicyclic) bond motifs is 3. The van der Waals surface area contributed by atoms with Gasteiger partial charge in [-0.1, -0.05) is 54.6 Å². The molecular weight excluding hydrogens is 508 g/mol. The number of nitrogens with two attached hydrogens (primary N) is 1. The van der Waals surface area contributed by atoms with E-state index in [1.807, 2.05) is 59.6 Å². The minimum atomic E-state index is -1.80. The number of aliphatic hydroxyl groups is 2. The molecule has 2 heterocycles. The Morgan fingerprint density at radius 2 is 1.67 bits per heavy atom. The molecule has 3 aromatic carbocycles. The Morgan fingerprint density at radius 1 is 1.00 bits per heavy atom. The maximum Gasteiger partial charge on any atom is 0.330 e. The Morgan fingerprint density at radius 3 is 2.36 bits per heavy atom. The number of aromatic nitrogens is 2.